The van der Waals surface area contributed by atoms with E-state index in [9.17, 15) is 9.59 Å². The molecule has 0 radical (unpaired) electrons. The van der Waals surface area contributed by atoms with E-state index in [1.54, 1.807) is 36.5 Å². The van der Waals surface area contributed by atoms with Crippen molar-refractivity contribution in [3.63, 3.8) is 0 Å². The van der Waals surface area contributed by atoms with E-state index in [1.807, 2.05) is 19.9 Å². The van der Waals surface area contributed by atoms with Gasteiger partial charge in [-0.05, 0) is 57.0 Å². The minimum Gasteiger partial charge on any atom is -0.364 e. The molecule has 3 heterocycles. The van der Waals surface area contributed by atoms with Crippen LogP contribution >= 0.6 is 0 Å². The number of aromatic nitrogens is 3. The van der Waals surface area contributed by atoms with Gasteiger partial charge in [0.05, 0.1) is 12.6 Å². The van der Waals surface area contributed by atoms with Crippen LogP contribution in [0.3, 0.4) is 0 Å². The topological polar surface area (TPSA) is 132 Å². The number of nitrogens with zero attached hydrogens (tertiary/aromatic N) is 4. The summed E-state index contributed by atoms with van der Waals surface area (Å²) in [5.41, 5.74) is 8.32. The molecule has 9 nitrogen and oxygen atoms in total. The second-order valence-corrected chi connectivity index (χ2v) is 8.56. The lowest BCUT2D eigenvalue weighted by atomic mass is 10.0. The van der Waals surface area contributed by atoms with Crippen LogP contribution in [0.5, 0.6) is 0 Å². The van der Waals surface area contributed by atoms with E-state index in [4.69, 9.17) is 16.6 Å². The van der Waals surface area contributed by atoms with Crippen LogP contribution in [0, 0.1) is 18.8 Å². The van der Waals surface area contributed by atoms with Gasteiger partial charge in [0.15, 0.2) is 5.69 Å². The molecule has 1 aliphatic heterocycles. The second kappa shape index (κ2) is 10.4. The number of nitrogens with one attached hydrogen (secondary N) is 1. The molecule has 1 aliphatic rings. The Kier molecular flexibility index (Phi) is 7.13. The van der Waals surface area contributed by atoms with Crippen molar-refractivity contribution in [3.05, 3.63) is 65.2 Å². The van der Waals surface area contributed by atoms with Crippen LogP contribution < -0.4 is 16.9 Å². The standard InChI is InChI=1S/C26H29N7O2/c1-3-4-14-32-15-6-5-7-20(32)25-31-22(23(24(27)34)33(25)28)18-9-11-19(12-10-18)26(35)30-21-13-8-17(2)16-29-21/h8-13,16,20H,5-7,14-15,28H2,1-2H3,(H2,27,34)(H,29,30,35)/t20-/m0/s1. The van der Waals surface area contributed by atoms with E-state index in [-0.39, 0.29) is 17.6 Å². The summed E-state index contributed by atoms with van der Waals surface area (Å²) in [6.45, 7) is 5.23. The molecule has 5 N–H and O–H groups in total. The van der Waals surface area contributed by atoms with Crippen molar-refractivity contribution < 1.29 is 9.59 Å². The molecule has 3 aromatic rings. The summed E-state index contributed by atoms with van der Waals surface area (Å²) in [7, 11) is 0. The molecule has 1 atom stereocenters. The monoisotopic (exact) mass is 471 g/mol. The van der Waals surface area contributed by atoms with Gasteiger partial charge in [-0.1, -0.05) is 30.5 Å². The molecule has 35 heavy (non-hydrogen) atoms. The fraction of sp³-hybridized carbons (Fsp3) is 0.308. The Labute approximate surface area is 204 Å². The fourth-order valence-electron chi connectivity index (χ4n) is 4.28. The Bertz CT molecular complexity index is 1280. The van der Waals surface area contributed by atoms with Crippen molar-refractivity contribution in [2.75, 3.05) is 24.2 Å². The van der Waals surface area contributed by atoms with Crippen molar-refractivity contribution in [1.82, 2.24) is 19.5 Å². The number of anilines is 1. The smallest absolute Gasteiger partial charge is 0.269 e. The van der Waals surface area contributed by atoms with E-state index < -0.39 is 5.91 Å². The number of hydrogen-bond donors (Lipinski definition) is 3. The van der Waals surface area contributed by atoms with Gasteiger partial charge in [-0.3, -0.25) is 14.5 Å². The van der Waals surface area contributed by atoms with Crippen molar-refractivity contribution in [1.29, 1.82) is 0 Å². The number of aryl methyl sites for hydroxylation is 1. The first-order valence-corrected chi connectivity index (χ1v) is 11.5. The van der Waals surface area contributed by atoms with Gasteiger partial charge in [0.1, 0.15) is 17.3 Å². The molecule has 0 saturated carbocycles. The highest BCUT2D eigenvalue weighted by molar-refractivity contribution is 6.04. The van der Waals surface area contributed by atoms with E-state index in [2.05, 4.69) is 27.0 Å². The number of nitrogen functional groups attached to an aromatic ring is 1. The average Bonchev–Trinajstić information content (AvgIpc) is 3.21. The number of rotatable bonds is 6. The number of benzene rings is 1. The fourth-order valence-corrected chi connectivity index (χ4v) is 4.28. The Morgan fingerprint density at radius 3 is 2.60 bits per heavy atom. The molecule has 4 rings (SSSR count). The van der Waals surface area contributed by atoms with Gasteiger partial charge in [-0.25, -0.2) is 14.6 Å². The molecule has 1 fully saturated rings. The summed E-state index contributed by atoms with van der Waals surface area (Å²) >= 11 is 0. The minimum atomic E-state index is -0.663. The number of primary amides is 1. The maximum absolute atomic E-state index is 12.6. The molecule has 9 heteroatoms. The van der Waals surface area contributed by atoms with E-state index in [1.165, 1.54) is 4.68 Å². The number of carbonyl (C=O) groups is 2. The zero-order valence-corrected chi connectivity index (χ0v) is 19.9. The highest BCUT2D eigenvalue weighted by atomic mass is 16.2. The molecule has 0 unspecified atom stereocenters. The summed E-state index contributed by atoms with van der Waals surface area (Å²) in [4.78, 5) is 36.2. The maximum Gasteiger partial charge on any atom is 0.269 e. The number of amides is 2. The first-order valence-electron chi connectivity index (χ1n) is 11.5. The third-order valence-corrected chi connectivity index (χ3v) is 6.12. The Balaban J connectivity index is 1.62. The molecule has 2 amide bonds. The van der Waals surface area contributed by atoms with E-state index >= 15 is 0 Å². The Morgan fingerprint density at radius 2 is 1.94 bits per heavy atom. The number of piperidine rings is 1. The highest BCUT2D eigenvalue weighted by Gasteiger charge is 2.31. The van der Waals surface area contributed by atoms with Crippen LogP contribution in [0.4, 0.5) is 5.82 Å². The normalized spacial score (nSPS) is 15.8. The lowest BCUT2D eigenvalue weighted by Crippen LogP contribution is -2.37. The van der Waals surface area contributed by atoms with Crippen LogP contribution in [0.2, 0.25) is 0 Å². The average molecular weight is 472 g/mol. The first kappa shape index (κ1) is 24.0. The van der Waals surface area contributed by atoms with Crippen molar-refractivity contribution in [2.45, 2.75) is 39.2 Å². The van der Waals surface area contributed by atoms with Gasteiger partial charge in [-0.15, -0.1) is 5.92 Å². The van der Waals surface area contributed by atoms with E-state index in [0.29, 0.717) is 35.0 Å². The number of likely N-dealkylation sites (tertiary alicyclic amines) is 1. The highest BCUT2D eigenvalue weighted by Crippen LogP contribution is 2.33. The SMILES string of the molecule is CC#CCN1CCCC[C@H]1c1nc(-c2ccc(C(=O)Nc3ccc(C)cn3)cc2)c(C(N)=O)n1N. The van der Waals surface area contributed by atoms with Crippen molar-refractivity contribution >= 4 is 17.6 Å². The summed E-state index contributed by atoms with van der Waals surface area (Å²) in [6, 6.07) is 10.4. The molecule has 180 valence electrons. The third-order valence-electron chi connectivity index (χ3n) is 6.12. The largest absolute Gasteiger partial charge is 0.364 e. The summed E-state index contributed by atoms with van der Waals surface area (Å²) < 4.78 is 1.31. The van der Waals surface area contributed by atoms with Crippen LogP contribution in [0.15, 0.2) is 42.6 Å². The van der Waals surface area contributed by atoms with Crippen LogP contribution in [0.1, 0.15) is 64.5 Å². The first-order chi connectivity index (χ1) is 16.9. The summed E-state index contributed by atoms with van der Waals surface area (Å²) in [6.07, 6.45) is 4.66. The van der Waals surface area contributed by atoms with Crippen LogP contribution in [-0.2, 0) is 0 Å². The molecular formula is C26H29N7O2. The predicted octanol–water partition coefficient (Wildman–Crippen LogP) is 2.87. The number of nitrogens with two attached hydrogens (primary N) is 2. The number of hydrogen-bond acceptors (Lipinski definition) is 6. The third kappa shape index (κ3) is 5.18. The van der Waals surface area contributed by atoms with Gasteiger partial charge in [0.25, 0.3) is 11.8 Å². The molecule has 1 aromatic carbocycles. The quantitative estimate of drug-likeness (QED) is 0.374. The van der Waals surface area contributed by atoms with E-state index in [0.717, 1.165) is 31.4 Å². The predicted molar refractivity (Wildman–Crippen MR) is 135 cm³/mol. The Morgan fingerprint density at radius 1 is 1.17 bits per heavy atom. The summed E-state index contributed by atoms with van der Waals surface area (Å²) in [5, 5.41) is 2.77. The number of carbonyl (C=O) groups excluding carboxylic acids is 2. The van der Waals surface area contributed by atoms with Crippen LogP contribution in [-0.4, -0.2) is 44.4 Å². The van der Waals surface area contributed by atoms with Gasteiger partial charge in [0, 0.05) is 17.3 Å². The zero-order chi connectivity index (χ0) is 24.9. The van der Waals surface area contributed by atoms with Gasteiger partial charge in [-0.2, -0.15) is 0 Å². The zero-order valence-electron chi connectivity index (χ0n) is 19.9. The summed E-state index contributed by atoms with van der Waals surface area (Å²) in [5.74, 6) is 12.5. The number of imidazole rings is 1. The molecule has 0 spiro atoms. The van der Waals surface area contributed by atoms with Crippen molar-refractivity contribution in [3.8, 4) is 23.1 Å². The lowest BCUT2D eigenvalue weighted by Gasteiger charge is -2.33. The van der Waals surface area contributed by atoms with Gasteiger partial charge < -0.3 is 16.9 Å². The maximum atomic E-state index is 12.6. The minimum absolute atomic E-state index is 0.0616. The lowest BCUT2D eigenvalue weighted by molar-refractivity contribution is 0.0990. The second-order valence-electron chi connectivity index (χ2n) is 8.56. The Hall–Kier alpha value is -4.16. The van der Waals surface area contributed by atoms with Gasteiger partial charge >= 0.3 is 0 Å². The molecule has 0 bridgehead atoms. The number of pyridine rings is 1. The van der Waals surface area contributed by atoms with Crippen molar-refractivity contribution in [2.24, 2.45) is 5.73 Å². The molecule has 1 saturated heterocycles. The van der Waals surface area contributed by atoms with Crippen LogP contribution in [0.25, 0.3) is 11.3 Å². The molecular weight excluding hydrogens is 442 g/mol. The molecule has 2 aromatic heterocycles. The molecule has 0 aliphatic carbocycles. The van der Waals surface area contributed by atoms with Gasteiger partial charge in [0.2, 0.25) is 0 Å².